The molecule has 106 valence electrons. The zero-order chi connectivity index (χ0) is 13.8. The lowest BCUT2D eigenvalue weighted by Gasteiger charge is -2.32. The Morgan fingerprint density at radius 2 is 1.95 bits per heavy atom. The second kappa shape index (κ2) is 6.94. The van der Waals surface area contributed by atoms with Gasteiger partial charge in [-0.3, -0.25) is 4.90 Å². The van der Waals surface area contributed by atoms with Crippen molar-refractivity contribution in [2.24, 2.45) is 11.7 Å². The lowest BCUT2D eigenvalue weighted by Crippen LogP contribution is -2.36. The monoisotopic (exact) mass is 300 g/mol. The van der Waals surface area contributed by atoms with Crippen molar-refractivity contribution in [1.82, 2.24) is 4.90 Å². The summed E-state index contributed by atoms with van der Waals surface area (Å²) in [5.74, 6) is 0.835. The first-order valence-electron chi connectivity index (χ1n) is 7.05. The molecular formula is C15H22Cl2N2. The third-order valence-electron chi connectivity index (χ3n) is 3.70. The van der Waals surface area contributed by atoms with Gasteiger partial charge in [-0.15, -0.1) is 0 Å². The van der Waals surface area contributed by atoms with Crippen molar-refractivity contribution in [3.8, 4) is 0 Å². The first kappa shape index (κ1) is 15.1. The zero-order valence-corrected chi connectivity index (χ0v) is 12.9. The zero-order valence-electron chi connectivity index (χ0n) is 11.4. The molecule has 0 saturated heterocycles. The Balaban J connectivity index is 2.24. The van der Waals surface area contributed by atoms with Crippen LogP contribution in [-0.4, -0.2) is 24.5 Å². The highest BCUT2D eigenvalue weighted by Crippen LogP contribution is 2.36. The third kappa shape index (κ3) is 3.85. The van der Waals surface area contributed by atoms with Crippen molar-refractivity contribution in [1.29, 1.82) is 0 Å². The van der Waals surface area contributed by atoms with Gasteiger partial charge in [0.05, 0.1) is 0 Å². The summed E-state index contributed by atoms with van der Waals surface area (Å²) in [6.45, 7) is 4.90. The van der Waals surface area contributed by atoms with E-state index in [1.165, 1.54) is 12.8 Å². The Kier molecular flexibility index (Phi) is 5.52. The molecule has 2 nitrogen and oxygen atoms in total. The number of hydrogen-bond acceptors (Lipinski definition) is 2. The number of nitrogens with zero attached hydrogens (tertiary/aromatic N) is 1. The molecule has 1 aliphatic rings. The molecule has 1 saturated carbocycles. The Labute approximate surface area is 125 Å². The van der Waals surface area contributed by atoms with Crippen LogP contribution in [0.2, 0.25) is 10.0 Å². The van der Waals surface area contributed by atoms with E-state index in [2.05, 4.69) is 11.8 Å². The predicted molar refractivity (Wildman–Crippen MR) is 82.8 cm³/mol. The van der Waals surface area contributed by atoms with Crippen molar-refractivity contribution in [3.63, 3.8) is 0 Å². The van der Waals surface area contributed by atoms with Gasteiger partial charge in [0.15, 0.2) is 0 Å². The van der Waals surface area contributed by atoms with Gasteiger partial charge >= 0.3 is 0 Å². The minimum atomic E-state index is 0.127. The molecule has 1 fully saturated rings. The molecule has 1 atom stereocenters. The minimum absolute atomic E-state index is 0.127. The van der Waals surface area contributed by atoms with E-state index in [1.54, 1.807) is 0 Å². The van der Waals surface area contributed by atoms with Crippen molar-refractivity contribution in [2.45, 2.75) is 32.2 Å². The molecule has 0 amide bonds. The smallest absolute Gasteiger partial charge is 0.0500 e. The summed E-state index contributed by atoms with van der Waals surface area (Å²) in [4.78, 5) is 2.45. The van der Waals surface area contributed by atoms with E-state index < -0.39 is 0 Å². The van der Waals surface area contributed by atoms with Crippen LogP contribution in [0.3, 0.4) is 0 Å². The van der Waals surface area contributed by atoms with Gasteiger partial charge in [-0.05, 0) is 43.9 Å². The average molecular weight is 301 g/mol. The van der Waals surface area contributed by atoms with Gasteiger partial charge in [0.2, 0.25) is 0 Å². The SMILES string of the molecule is CCCN(CC1CC1)C(CN)c1c(Cl)cccc1Cl. The van der Waals surface area contributed by atoms with Crippen molar-refractivity contribution < 1.29 is 0 Å². The van der Waals surface area contributed by atoms with Crippen molar-refractivity contribution >= 4 is 23.2 Å². The van der Waals surface area contributed by atoms with Gasteiger partial charge in [-0.2, -0.15) is 0 Å². The fourth-order valence-corrected chi connectivity index (χ4v) is 3.22. The van der Waals surface area contributed by atoms with E-state index in [0.29, 0.717) is 6.54 Å². The molecule has 1 unspecified atom stereocenters. The van der Waals surface area contributed by atoms with Gasteiger partial charge in [0.1, 0.15) is 0 Å². The van der Waals surface area contributed by atoms with Crippen LogP contribution in [0.25, 0.3) is 0 Å². The fraction of sp³-hybridized carbons (Fsp3) is 0.600. The van der Waals surface area contributed by atoms with Gasteiger partial charge in [-0.25, -0.2) is 0 Å². The maximum absolute atomic E-state index is 6.33. The van der Waals surface area contributed by atoms with Gasteiger partial charge in [0.25, 0.3) is 0 Å². The quantitative estimate of drug-likeness (QED) is 0.821. The van der Waals surface area contributed by atoms with E-state index in [9.17, 15) is 0 Å². The van der Waals surface area contributed by atoms with Crippen LogP contribution in [-0.2, 0) is 0 Å². The molecule has 0 aromatic heterocycles. The van der Waals surface area contributed by atoms with Crippen LogP contribution < -0.4 is 5.73 Å². The van der Waals surface area contributed by atoms with Crippen molar-refractivity contribution in [3.05, 3.63) is 33.8 Å². The van der Waals surface area contributed by atoms with Crippen LogP contribution in [0.4, 0.5) is 0 Å². The van der Waals surface area contributed by atoms with Gasteiger partial charge in [-0.1, -0.05) is 36.2 Å². The molecule has 19 heavy (non-hydrogen) atoms. The van der Waals surface area contributed by atoms with Gasteiger partial charge < -0.3 is 5.73 Å². The second-order valence-corrected chi connectivity index (χ2v) is 6.14. The molecule has 1 aromatic rings. The van der Waals surface area contributed by atoms with E-state index in [4.69, 9.17) is 28.9 Å². The molecule has 1 aliphatic carbocycles. The first-order chi connectivity index (χ1) is 9.17. The van der Waals surface area contributed by atoms with E-state index in [-0.39, 0.29) is 6.04 Å². The van der Waals surface area contributed by atoms with Crippen LogP contribution >= 0.6 is 23.2 Å². The molecule has 0 aliphatic heterocycles. The summed E-state index contributed by atoms with van der Waals surface area (Å²) in [5.41, 5.74) is 7.00. The Hall–Kier alpha value is -0.280. The lowest BCUT2D eigenvalue weighted by atomic mass is 10.0. The van der Waals surface area contributed by atoms with Crippen LogP contribution in [0, 0.1) is 5.92 Å². The summed E-state index contributed by atoms with van der Waals surface area (Å²) in [6.07, 6.45) is 3.80. The fourth-order valence-electron chi connectivity index (χ4n) is 2.57. The maximum Gasteiger partial charge on any atom is 0.0500 e. The molecular weight excluding hydrogens is 279 g/mol. The number of hydrogen-bond donors (Lipinski definition) is 1. The van der Waals surface area contributed by atoms with E-state index in [0.717, 1.165) is 41.0 Å². The molecule has 0 heterocycles. The summed E-state index contributed by atoms with van der Waals surface area (Å²) in [5, 5.41) is 1.44. The van der Waals surface area contributed by atoms with Crippen LogP contribution in [0.1, 0.15) is 37.8 Å². The van der Waals surface area contributed by atoms with E-state index in [1.807, 2.05) is 18.2 Å². The lowest BCUT2D eigenvalue weighted by molar-refractivity contribution is 0.193. The number of rotatable bonds is 7. The van der Waals surface area contributed by atoms with Crippen LogP contribution in [0.15, 0.2) is 18.2 Å². The van der Waals surface area contributed by atoms with E-state index >= 15 is 0 Å². The average Bonchev–Trinajstić information content (AvgIpc) is 3.17. The molecule has 0 bridgehead atoms. The predicted octanol–water partition coefficient (Wildman–Crippen LogP) is 4.12. The minimum Gasteiger partial charge on any atom is -0.329 e. The summed E-state index contributed by atoms with van der Waals surface area (Å²) in [7, 11) is 0. The summed E-state index contributed by atoms with van der Waals surface area (Å²) < 4.78 is 0. The Bertz CT molecular complexity index is 398. The standard InChI is InChI=1S/C15H22Cl2N2/c1-2-8-19(10-11-6-7-11)14(9-18)15-12(16)4-3-5-13(15)17/h3-5,11,14H,2,6-10,18H2,1H3. The normalized spacial score (nSPS) is 16.9. The Morgan fingerprint density at radius 1 is 1.32 bits per heavy atom. The second-order valence-electron chi connectivity index (χ2n) is 5.33. The molecule has 1 aromatic carbocycles. The molecule has 0 spiro atoms. The molecule has 0 radical (unpaired) electrons. The third-order valence-corrected chi connectivity index (χ3v) is 4.36. The summed E-state index contributed by atoms with van der Waals surface area (Å²) in [6, 6.07) is 5.80. The number of halogens is 2. The highest BCUT2D eigenvalue weighted by atomic mass is 35.5. The Morgan fingerprint density at radius 3 is 2.42 bits per heavy atom. The number of benzene rings is 1. The topological polar surface area (TPSA) is 29.3 Å². The first-order valence-corrected chi connectivity index (χ1v) is 7.81. The molecule has 2 rings (SSSR count). The largest absolute Gasteiger partial charge is 0.329 e. The number of nitrogens with two attached hydrogens (primary N) is 1. The highest BCUT2D eigenvalue weighted by Gasteiger charge is 2.29. The highest BCUT2D eigenvalue weighted by molar-refractivity contribution is 6.36. The van der Waals surface area contributed by atoms with Crippen molar-refractivity contribution in [2.75, 3.05) is 19.6 Å². The summed E-state index contributed by atoms with van der Waals surface area (Å²) >= 11 is 12.7. The molecule has 2 N–H and O–H groups in total. The van der Waals surface area contributed by atoms with Crippen LogP contribution in [0.5, 0.6) is 0 Å². The maximum atomic E-state index is 6.33. The van der Waals surface area contributed by atoms with Gasteiger partial charge in [0, 0.05) is 34.7 Å². The molecule has 4 heteroatoms.